The van der Waals surface area contributed by atoms with Gasteiger partial charge in [-0.25, -0.2) is 4.98 Å². The van der Waals surface area contributed by atoms with Gasteiger partial charge in [-0.3, -0.25) is 14.9 Å². The van der Waals surface area contributed by atoms with Gasteiger partial charge < -0.3 is 9.32 Å². The third kappa shape index (κ3) is 4.46. The summed E-state index contributed by atoms with van der Waals surface area (Å²) >= 11 is 2.75. The maximum Gasteiger partial charge on any atom is 0.277 e. The zero-order valence-corrected chi connectivity index (χ0v) is 17.2. The van der Waals surface area contributed by atoms with Crippen molar-refractivity contribution in [3.63, 3.8) is 0 Å². The van der Waals surface area contributed by atoms with E-state index >= 15 is 0 Å². The third-order valence-electron chi connectivity index (χ3n) is 4.46. The number of non-ortho nitro benzene ring substituents is 1. The van der Waals surface area contributed by atoms with Crippen LogP contribution in [0.15, 0.2) is 33.2 Å². The summed E-state index contributed by atoms with van der Waals surface area (Å²) < 4.78 is 5.61. The van der Waals surface area contributed by atoms with Crippen LogP contribution in [0.4, 0.5) is 11.4 Å². The van der Waals surface area contributed by atoms with Crippen molar-refractivity contribution in [3.05, 3.63) is 55.8 Å². The summed E-state index contributed by atoms with van der Waals surface area (Å²) in [5, 5.41) is 22.2. The van der Waals surface area contributed by atoms with Gasteiger partial charge in [-0.15, -0.1) is 21.5 Å². The first kappa shape index (κ1) is 19.5. The Bertz CT molecular complexity index is 1060. The Balaban J connectivity index is 1.39. The molecule has 0 radical (unpaired) electrons. The molecule has 0 saturated carbocycles. The molecule has 150 valence electrons. The molecule has 9 nitrogen and oxygen atoms in total. The number of carbonyl (C=O) groups is 1. The summed E-state index contributed by atoms with van der Waals surface area (Å²) in [6.07, 6.45) is 1.95. The van der Waals surface area contributed by atoms with E-state index in [1.165, 1.54) is 17.8 Å². The molecule has 0 N–H and O–H groups in total. The summed E-state index contributed by atoms with van der Waals surface area (Å²) in [4.78, 5) is 29.3. The second-order valence-electron chi connectivity index (χ2n) is 6.50. The molecule has 0 spiro atoms. The number of fused-ring (bicyclic) bond motifs is 1. The number of anilines is 1. The fraction of sp³-hybridized carbons (Fsp3) is 0.333. The van der Waals surface area contributed by atoms with Crippen LogP contribution in [0.2, 0.25) is 0 Å². The average Bonchev–Trinajstić information content (AvgIpc) is 3.34. The molecule has 0 fully saturated rings. The number of aromatic nitrogens is 3. The predicted octanol–water partition coefficient (Wildman–Crippen LogP) is 3.41. The molecule has 0 saturated heterocycles. The van der Waals surface area contributed by atoms with Crippen LogP contribution in [0.5, 0.6) is 0 Å². The second kappa shape index (κ2) is 8.29. The van der Waals surface area contributed by atoms with Gasteiger partial charge in [-0.1, -0.05) is 11.8 Å². The van der Waals surface area contributed by atoms with Gasteiger partial charge in [0.1, 0.15) is 0 Å². The summed E-state index contributed by atoms with van der Waals surface area (Å²) in [6.45, 7) is 2.52. The molecule has 29 heavy (non-hydrogen) atoms. The molecule has 1 amide bonds. The largest absolute Gasteiger partial charge is 0.416 e. The number of benzene rings is 1. The van der Waals surface area contributed by atoms with E-state index in [4.69, 9.17) is 4.42 Å². The smallest absolute Gasteiger partial charge is 0.277 e. The fourth-order valence-corrected chi connectivity index (χ4v) is 4.44. The average molecular weight is 431 g/mol. The molecule has 11 heteroatoms. The molecule has 3 heterocycles. The minimum atomic E-state index is -0.420. The number of amides is 1. The number of nitrogens with zero attached hydrogens (tertiary/aromatic N) is 5. The van der Waals surface area contributed by atoms with Crippen molar-refractivity contribution in [1.82, 2.24) is 15.2 Å². The number of thioether (sulfide) groups is 1. The van der Waals surface area contributed by atoms with Crippen LogP contribution in [0.1, 0.15) is 28.6 Å². The van der Waals surface area contributed by atoms with Crippen molar-refractivity contribution in [3.8, 4) is 0 Å². The van der Waals surface area contributed by atoms with Crippen LogP contribution in [0, 0.1) is 17.0 Å². The zero-order valence-electron chi connectivity index (χ0n) is 15.5. The molecule has 0 unspecified atom stereocenters. The van der Waals surface area contributed by atoms with Crippen LogP contribution in [0.25, 0.3) is 0 Å². The SMILES string of the molecule is Cc1nc(Cc2nnc(SCC(=O)N3CCCc4cc([N+](=O)[O-])ccc43)o2)cs1. The Morgan fingerprint density at radius 1 is 1.41 bits per heavy atom. The zero-order chi connectivity index (χ0) is 20.4. The first-order valence-corrected chi connectivity index (χ1v) is 10.8. The van der Waals surface area contributed by atoms with Gasteiger partial charge in [0.2, 0.25) is 11.8 Å². The molecule has 0 atom stereocenters. The maximum atomic E-state index is 12.7. The lowest BCUT2D eigenvalue weighted by molar-refractivity contribution is -0.384. The van der Waals surface area contributed by atoms with Crippen molar-refractivity contribution in [2.45, 2.75) is 31.4 Å². The second-order valence-corrected chi connectivity index (χ2v) is 8.49. The normalized spacial score (nSPS) is 13.3. The van der Waals surface area contributed by atoms with E-state index in [-0.39, 0.29) is 17.3 Å². The van der Waals surface area contributed by atoms with Crippen molar-refractivity contribution in [2.75, 3.05) is 17.2 Å². The molecule has 1 aromatic carbocycles. The molecule has 1 aliphatic rings. The molecular formula is C18H17N5O4S2. The number of carbonyl (C=O) groups excluding carboxylic acids is 1. The van der Waals surface area contributed by atoms with E-state index < -0.39 is 4.92 Å². The molecule has 3 aromatic rings. The predicted molar refractivity (Wildman–Crippen MR) is 108 cm³/mol. The van der Waals surface area contributed by atoms with Crippen molar-refractivity contribution >= 4 is 40.4 Å². The highest BCUT2D eigenvalue weighted by atomic mass is 32.2. The van der Waals surface area contributed by atoms with E-state index in [1.807, 2.05) is 12.3 Å². The number of thiazole rings is 1. The van der Waals surface area contributed by atoms with Gasteiger partial charge >= 0.3 is 0 Å². The molecular weight excluding hydrogens is 414 g/mol. The number of rotatable bonds is 6. The number of hydrogen-bond acceptors (Lipinski definition) is 9. The van der Waals surface area contributed by atoms with Crippen LogP contribution < -0.4 is 4.90 Å². The number of nitro groups is 1. The van der Waals surface area contributed by atoms with Gasteiger partial charge in [0.15, 0.2) is 0 Å². The molecule has 0 bridgehead atoms. The lowest BCUT2D eigenvalue weighted by Crippen LogP contribution is -2.36. The Kier molecular flexibility index (Phi) is 5.58. The van der Waals surface area contributed by atoms with Gasteiger partial charge in [-0.2, -0.15) is 0 Å². The Labute approximate surface area is 174 Å². The maximum absolute atomic E-state index is 12.7. The summed E-state index contributed by atoms with van der Waals surface area (Å²) in [6, 6.07) is 4.63. The minimum absolute atomic E-state index is 0.0427. The van der Waals surface area contributed by atoms with Crippen LogP contribution >= 0.6 is 23.1 Å². The van der Waals surface area contributed by atoms with Crippen LogP contribution in [0.3, 0.4) is 0 Å². The van der Waals surface area contributed by atoms with Gasteiger partial charge in [0.25, 0.3) is 10.9 Å². The Morgan fingerprint density at radius 2 is 2.28 bits per heavy atom. The first-order valence-electron chi connectivity index (χ1n) is 8.93. The molecule has 2 aromatic heterocycles. The molecule has 4 rings (SSSR count). The van der Waals surface area contributed by atoms with Gasteiger partial charge in [-0.05, 0) is 31.4 Å². The Hall–Kier alpha value is -2.79. The summed E-state index contributed by atoms with van der Waals surface area (Å²) in [7, 11) is 0. The van der Waals surface area contributed by atoms with E-state index in [0.29, 0.717) is 24.1 Å². The van der Waals surface area contributed by atoms with E-state index in [1.54, 1.807) is 28.4 Å². The third-order valence-corrected chi connectivity index (χ3v) is 6.09. The van der Waals surface area contributed by atoms with Crippen molar-refractivity contribution in [1.29, 1.82) is 0 Å². The number of hydrogen-bond donors (Lipinski definition) is 0. The first-order chi connectivity index (χ1) is 14.0. The van der Waals surface area contributed by atoms with E-state index in [0.717, 1.165) is 34.8 Å². The number of nitro benzene ring substituents is 1. The highest BCUT2D eigenvalue weighted by Crippen LogP contribution is 2.31. The fourth-order valence-electron chi connectivity index (χ4n) is 3.17. The van der Waals surface area contributed by atoms with Gasteiger partial charge in [0.05, 0.1) is 27.8 Å². The minimum Gasteiger partial charge on any atom is -0.416 e. The highest BCUT2D eigenvalue weighted by Gasteiger charge is 2.25. The summed E-state index contributed by atoms with van der Waals surface area (Å²) in [5.41, 5.74) is 2.48. The van der Waals surface area contributed by atoms with Crippen molar-refractivity contribution < 1.29 is 14.1 Å². The number of aryl methyl sites for hydroxylation is 2. The van der Waals surface area contributed by atoms with Gasteiger partial charge in [0, 0.05) is 29.7 Å². The lowest BCUT2D eigenvalue weighted by Gasteiger charge is -2.29. The van der Waals surface area contributed by atoms with Crippen LogP contribution in [-0.4, -0.2) is 38.3 Å². The lowest BCUT2D eigenvalue weighted by atomic mass is 10.0. The Morgan fingerprint density at radius 3 is 3.03 bits per heavy atom. The van der Waals surface area contributed by atoms with E-state index in [2.05, 4.69) is 15.2 Å². The topological polar surface area (TPSA) is 115 Å². The monoisotopic (exact) mass is 431 g/mol. The standard InChI is InChI=1S/C18H17N5O4S2/c1-11-19-13(9-28-11)8-16-20-21-18(27-16)29-10-17(24)22-6-2-3-12-7-14(23(25)26)4-5-15(12)22/h4-5,7,9H,2-3,6,8,10H2,1H3. The molecule has 0 aliphatic carbocycles. The summed E-state index contributed by atoms with van der Waals surface area (Å²) in [5.74, 6) is 0.508. The van der Waals surface area contributed by atoms with E-state index in [9.17, 15) is 14.9 Å². The van der Waals surface area contributed by atoms with Crippen LogP contribution in [-0.2, 0) is 17.6 Å². The highest BCUT2D eigenvalue weighted by molar-refractivity contribution is 7.99. The quantitative estimate of drug-likeness (QED) is 0.331. The van der Waals surface area contributed by atoms with Crippen molar-refractivity contribution in [2.24, 2.45) is 0 Å². The molecule has 1 aliphatic heterocycles.